The molecule has 0 unspecified atom stereocenters. The number of fused-ring (bicyclic) bond motifs is 18. The monoisotopic (exact) mass is 1210 g/mol. The van der Waals surface area contributed by atoms with E-state index in [2.05, 4.69) is 324 Å². The third-order valence-electron chi connectivity index (χ3n) is 19.7. The van der Waals surface area contributed by atoms with Gasteiger partial charge in [0.15, 0.2) is 0 Å². The fourth-order valence-electron chi connectivity index (χ4n) is 14.9. The molecule has 464 valence electrons. The van der Waals surface area contributed by atoms with Crippen LogP contribution in [0.4, 0.5) is 0 Å². The predicted octanol–water partition coefficient (Wildman–Crippen LogP) is 22.6. The molecule has 12 aromatic carbocycles. The highest BCUT2D eigenvalue weighted by Gasteiger charge is 2.15. The van der Waals surface area contributed by atoms with E-state index in [0.717, 1.165) is 32.1 Å². The third-order valence-corrected chi connectivity index (χ3v) is 19.7. The van der Waals surface area contributed by atoms with E-state index in [1.165, 1.54) is 164 Å². The van der Waals surface area contributed by atoms with Crippen LogP contribution in [0.3, 0.4) is 0 Å². The van der Waals surface area contributed by atoms with Crippen LogP contribution in [-0.4, -0.2) is 27.4 Å². The molecule has 6 aromatic heterocycles. The van der Waals surface area contributed by atoms with Gasteiger partial charge in [-0.25, -0.2) is 0 Å². The molecule has 0 amide bonds. The van der Waals surface area contributed by atoms with Gasteiger partial charge in [-0.15, -0.1) is 0 Å². The van der Waals surface area contributed by atoms with E-state index in [4.69, 9.17) is 0 Å². The van der Waals surface area contributed by atoms with E-state index in [9.17, 15) is 0 Å². The maximum atomic E-state index is 2.38. The molecule has 0 fully saturated rings. The van der Waals surface area contributed by atoms with E-state index in [1.807, 2.05) is 0 Å². The molecule has 0 saturated heterocycles. The van der Waals surface area contributed by atoms with Crippen molar-refractivity contribution in [3.8, 4) is 0 Å². The number of nitrogens with zero attached hydrogens (tertiary/aromatic N) is 6. The molecule has 0 aliphatic rings. The van der Waals surface area contributed by atoms with Gasteiger partial charge in [0.05, 0.1) is 0 Å². The van der Waals surface area contributed by atoms with Crippen LogP contribution in [0.1, 0.15) is 63.1 Å². The first-order valence-corrected chi connectivity index (χ1v) is 31.4. The summed E-state index contributed by atoms with van der Waals surface area (Å²) in [5, 5.41) is 16.1. The van der Waals surface area contributed by atoms with Crippen molar-refractivity contribution in [2.75, 3.05) is 0 Å². The molecule has 0 aliphatic heterocycles. The summed E-state index contributed by atoms with van der Waals surface area (Å²) < 4.78 is 13.8. The van der Waals surface area contributed by atoms with Crippen molar-refractivity contribution in [2.24, 2.45) is 42.3 Å². The summed E-state index contributed by atoms with van der Waals surface area (Å²) in [5.74, 6) is 0. The summed E-state index contributed by atoms with van der Waals surface area (Å²) in [6, 6.07) is 93.6. The summed E-state index contributed by atoms with van der Waals surface area (Å²) in [7, 11) is 12.9. The van der Waals surface area contributed by atoms with Gasteiger partial charge in [-0.3, -0.25) is 0 Å². The van der Waals surface area contributed by atoms with E-state index in [1.54, 1.807) is 0 Å². The zero-order chi connectivity index (χ0) is 60.0. The Hall–Kier alpha value is -10.6. The van der Waals surface area contributed by atoms with Crippen molar-refractivity contribution in [3.63, 3.8) is 0 Å². The molecule has 6 heterocycles. The number of para-hydroxylation sites is 6. The topological polar surface area (TPSA) is 29.6 Å². The van der Waals surface area contributed by atoms with Crippen LogP contribution < -0.4 is 0 Å². The van der Waals surface area contributed by atoms with Crippen molar-refractivity contribution in [3.05, 3.63) is 288 Å². The molecular weight excluding hydrogens is 1130 g/mol. The summed E-state index contributed by atoms with van der Waals surface area (Å²) in [5.41, 5.74) is 23.9. The van der Waals surface area contributed by atoms with E-state index < -0.39 is 0 Å². The van der Waals surface area contributed by atoms with Gasteiger partial charge in [0.25, 0.3) is 0 Å². The molecule has 93 heavy (non-hydrogen) atoms. The number of aryl methyl sites for hydroxylation is 10. The molecule has 0 radical (unpaired) electrons. The van der Waals surface area contributed by atoms with Crippen LogP contribution in [0.2, 0.25) is 0 Å². The third kappa shape index (κ3) is 10.7. The van der Waals surface area contributed by atoms with Gasteiger partial charge in [-0.05, 0) is 169 Å². The van der Waals surface area contributed by atoms with E-state index in [0.29, 0.717) is 0 Å². The van der Waals surface area contributed by atoms with Gasteiger partial charge >= 0.3 is 0 Å². The van der Waals surface area contributed by atoms with Crippen molar-refractivity contribution in [2.45, 2.75) is 61.8 Å². The van der Waals surface area contributed by atoms with Crippen LogP contribution in [0.5, 0.6) is 0 Å². The first-order valence-electron chi connectivity index (χ1n) is 31.4. The molecular formula is C87H86N6. The normalized spacial score (nSPS) is 11.4. The van der Waals surface area contributed by atoms with E-state index in [-0.39, 0.29) is 29.7 Å². The van der Waals surface area contributed by atoms with Gasteiger partial charge in [0.1, 0.15) is 0 Å². The minimum absolute atomic E-state index is 0. The lowest BCUT2D eigenvalue weighted by Gasteiger charge is -2.05. The lowest BCUT2D eigenvalue weighted by Crippen LogP contribution is -1.92. The highest BCUT2D eigenvalue weighted by Crippen LogP contribution is 2.36. The molecule has 0 N–H and O–H groups in total. The van der Waals surface area contributed by atoms with Gasteiger partial charge < -0.3 is 27.4 Å². The van der Waals surface area contributed by atoms with Gasteiger partial charge in [0, 0.05) is 173 Å². The molecule has 0 saturated carbocycles. The smallest absolute Gasteiger partial charge is 0.0491 e. The molecule has 0 aliphatic carbocycles. The zero-order valence-corrected chi connectivity index (χ0v) is 51.5. The Morgan fingerprint density at radius 3 is 0.634 bits per heavy atom. The Morgan fingerprint density at radius 1 is 0.172 bits per heavy atom. The fraction of sp³-hybridized carbons (Fsp3) is 0.172. The first-order chi connectivity index (χ1) is 43.6. The first kappa shape index (κ1) is 62.6. The summed E-state index contributed by atoms with van der Waals surface area (Å²) in [6.07, 6.45) is 5.15. The number of hydrogen-bond donors (Lipinski definition) is 0. The van der Waals surface area contributed by atoms with E-state index >= 15 is 0 Å². The second-order valence-electron chi connectivity index (χ2n) is 24.7. The Balaban J connectivity index is 0.000000131. The number of rotatable bonds is 8. The number of aromatic nitrogens is 6. The van der Waals surface area contributed by atoms with Crippen molar-refractivity contribution in [1.29, 1.82) is 0 Å². The largest absolute Gasteiger partial charge is 0.344 e. The zero-order valence-electron chi connectivity index (χ0n) is 51.5. The highest BCUT2D eigenvalue weighted by atomic mass is 15.0. The molecule has 0 bridgehead atoms. The average Bonchev–Trinajstić information content (AvgIpc) is 1.67. The summed E-state index contributed by atoms with van der Waals surface area (Å²) in [6.45, 7) is 0. The molecule has 18 aromatic rings. The second-order valence-corrected chi connectivity index (χ2v) is 24.7. The fourth-order valence-corrected chi connectivity index (χ4v) is 14.9. The predicted molar refractivity (Wildman–Crippen MR) is 407 cm³/mol. The van der Waals surface area contributed by atoms with Gasteiger partial charge in [-0.2, -0.15) is 0 Å². The van der Waals surface area contributed by atoms with Crippen molar-refractivity contribution < 1.29 is 0 Å². The summed E-state index contributed by atoms with van der Waals surface area (Å²) >= 11 is 0. The number of benzene rings is 12. The lowest BCUT2D eigenvalue weighted by atomic mass is 10.0. The van der Waals surface area contributed by atoms with Crippen LogP contribution in [0.15, 0.2) is 255 Å². The van der Waals surface area contributed by atoms with Gasteiger partial charge in [0.2, 0.25) is 0 Å². The second kappa shape index (κ2) is 25.3. The maximum Gasteiger partial charge on any atom is 0.0491 e. The minimum Gasteiger partial charge on any atom is -0.344 e. The molecule has 18 rings (SSSR count). The molecule has 0 atom stereocenters. The van der Waals surface area contributed by atoms with Gasteiger partial charge in [-0.1, -0.05) is 181 Å². The van der Waals surface area contributed by atoms with Crippen LogP contribution in [0.25, 0.3) is 131 Å². The SMILES string of the molecule is C.C.C.C.Cn1c2ccccc2c2cc(CCc3ccc4c(c3)c3ccccc3n4C)ccc21.Cn1c2ccccc2c2cc(CCc3ccc4c(c3)c3ccccc3n4C)ccc21.Cn1c2ccccc2c2cc(Cc3ccc4c5ccccc5n(C)c4c3)ccc21. The van der Waals surface area contributed by atoms with Crippen molar-refractivity contribution >= 4 is 131 Å². The van der Waals surface area contributed by atoms with Crippen molar-refractivity contribution in [1.82, 2.24) is 27.4 Å². The quantitative estimate of drug-likeness (QED) is 0.145. The summed E-state index contributed by atoms with van der Waals surface area (Å²) in [4.78, 5) is 0. The Kier molecular flexibility index (Phi) is 17.0. The Labute approximate surface area is 547 Å². The minimum atomic E-state index is 0. The molecule has 0 spiro atoms. The maximum absolute atomic E-state index is 2.38. The number of hydrogen-bond acceptors (Lipinski definition) is 0. The Bertz CT molecular complexity index is 5330. The molecule has 6 nitrogen and oxygen atoms in total. The Morgan fingerprint density at radius 2 is 0.355 bits per heavy atom. The highest BCUT2D eigenvalue weighted by molar-refractivity contribution is 6.12. The van der Waals surface area contributed by atoms with Crippen LogP contribution >= 0.6 is 0 Å². The molecule has 6 heteroatoms. The average molecular weight is 1220 g/mol. The lowest BCUT2D eigenvalue weighted by molar-refractivity contribution is 0.960. The standard InChI is InChI=1S/2C28H24N2.C27H22N2.4CH4/c2*1-29-25-9-5-3-7-21(25)23-17-19(13-15-27(23)29)11-12-20-14-16-28-24(18-20)22-8-4-6-10-26(22)30(28)2;1-28-25-10-6-4-8-21(25)23-16-18(12-14-26(23)28)15-19-11-13-22-20-7-3-5-9-24(20)29(2)27(22)17-19;;;;/h2*3-10,13-18H,11-12H2,1-2H3;3-14,16-17H,15H2,1-2H3;4*1H4. The van der Waals surface area contributed by atoms with Crippen LogP contribution in [-0.2, 0) is 74.4 Å². The van der Waals surface area contributed by atoms with Crippen LogP contribution in [0, 0.1) is 0 Å².